The van der Waals surface area contributed by atoms with Crippen LogP contribution in [0.15, 0.2) is 249 Å². The van der Waals surface area contributed by atoms with Crippen molar-refractivity contribution in [3.8, 4) is 97.9 Å². The fraction of sp³-hybridized carbons (Fsp3) is 0.268. The maximum atomic E-state index is 13.6. The van der Waals surface area contributed by atoms with E-state index in [1.807, 2.05) is 118 Å². The lowest BCUT2D eigenvalue weighted by molar-refractivity contribution is -0.137. The first-order valence-electron chi connectivity index (χ1n) is 46.9. The summed E-state index contributed by atoms with van der Waals surface area (Å²) < 4.78 is 106. The number of sulfonamides is 2. The molecule has 0 aliphatic rings. The Labute approximate surface area is 863 Å². The lowest BCUT2D eigenvalue weighted by Crippen LogP contribution is -2.36. The molecule has 12 rings (SSSR count). The van der Waals surface area contributed by atoms with Gasteiger partial charge in [-0.1, -0.05) is 115 Å². The Morgan fingerprint density at radius 3 is 1.32 bits per heavy atom. The molecule has 5 aromatic heterocycles. The monoisotopic (exact) mass is 2070 g/mol. The number of terminal acetylenes is 2. The van der Waals surface area contributed by atoms with Gasteiger partial charge in [0.1, 0.15) is 11.5 Å². The van der Waals surface area contributed by atoms with E-state index in [1.165, 1.54) is 60.4 Å². The van der Waals surface area contributed by atoms with E-state index in [9.17, 15) is 88.0 Å². The van der Waals surface area contributed by atoms with Crippen LogP contribution in [0.5, 0.6) is 11.5 Å². The smallest absolute Gasteiger partial charge is 0.417 e. The van der Waals surface area contributed by atoms with Crippen molar-refractivity contribution in [3.63, 3.8) is 0 Å². The highest BCUT2D eigenvalue weighted by Gasteiger charge is 2.35. The SMILES string of the molecule is C#CC(=O)Nc1ccc(C)c(-c2cc(C[C@H](C(=O)NCC)C(C)C)c(=O)n(C)c2)c1.C#CC(=O)Nc1ccc(Oc2c(C)cccc2C)c(-c2cc(C[C@@H](C(=O)NCC)C(C)C)c(=O)n(C)c2)c1.C=CC(=O)Nc1ccc(Cl)c(-c2cc(C[C@@H](C)C(=O)NCC)c(=O)n(C)c2)c1.C=CS(=O)(=O)Nc1ccc(C#N)c(-c2cc(CC)c(=O)n(C)c2)c1.C=CS(=O)(=O)Nc1ccc(C(F)(F)F)c(-c2cn(C)c(=O)c3ccccc23)c1. The zero-order chi connectivity index (χ0) is 110. The Morgan fingerprint density at radius 2 is 0.851 bits per heavy atom. The number of carbonyl (C=O) groups is 6. The van der Waals surface area contributed by atoms with Gasteiger partial charge in [0.25, 0.3) is 59.7 Å². The van der Waals surface area contributed by atoms with Gasteiger partial charge in [-0.15, -0.1) is 12.8 Å². The van der Waals surface area contributed by atoms with E-state index in [4.69, 9.17) is 29.2 Å². The number of nitrogens with one attached hydrogen (secondary N) is 8. The third-order valence-electron chi connectivity index (χ3n) is 23.7. The van der Waals surface area contributed by atoms with E-state index < -0.39 is 43.6 Å². The molecule has 148 heavy (non-hydrogen) atoms. The number of aryl methyl sites for hydroxylation is 9. The van der Waals surface area contributed by atoms with E-state index in [0.29, 0.717) is 145 Å². The van der Waals surface area contributed by atoms with Gasteiger partial charge in [0.05, 0.1) is 17.2 Å². The van der Waals surface area contributed by atoms with Gasteiger partial charge in [0.15, 0.2) is 0 Å². The predicted molar refractivity (Wildman–Crippen MR) is 580 cm³/mol. The Morgan fingerprint density at radius 1 is 0.453 bits per heavy atom. The normalized spacial score (nSPS) is 11.6. The number of alkyl halides is 3. The van der Waals surface area contributed by atoms with E-state index in [2.05, 4.69) is 73.1 Å². The van der Waals surface area contributed by atoms with Crippen LogP contribution in [0.1, 0.15) is 112 Å². The third-order valence-corrected chi connectivity index (χ3v) is 25.9. The number of rotatable bonds is 32. The van der Waals surface area contributed by atoms with Gasteiger partial charge in [0.2, 0.25) is 23.6 Å². The Hall–Kier alpha value is -16.4. The van der Waals surface area contributed by atoms with Crippen molar-refractivity contribution in [3.05, 3.63) is 332 Å². The lowest BCUT2D eigenvalue weighted by atomic mass is 9.88. The summed E-state index contributed by atoms with van der Waals surface area (Å²) in [6.45, 7) is 34.5. The van der Waals surface area contributed by atoms with E-state index in [0.717, 1.165) is 62.7 Å². The zero-order valence-electron chi connectivity index (χ0n) is 85.3. The molecule has 0 bridgehead atoms. The summed E-state index contributed by atoms with van der Waals surface area (Å²) in [6, 6.07) is 44.8. The summed E-state index contributed by atoms with van der Waals surface area (Å²) in [4.78, 5) is 135. The number of ether oxygens (including phenoxy) is 1. The highest BCUT2D eigenvalue weighted by molar-refractivity contribution is 7.95. The fourth-order valence-corrected chi connectivity index (χ4v) is 17.2. The van der Waals surface area contributed by atoms with E-state index in [1.54, 1.807) is 145 Å². The molecule has 8 N–H and O–H groups in total. The number of para-hydroxylation sites is 1. The van der Waals surface area contributed by atoms with Crippen molar-refractivity contribution in [2.75, 3.05) is 45.0 Å². The number of pyridine rings is 5. The number of hydrogen-bond acceptors (Lipinski definition) is 17. The second-order valence-corrected chi connectivity index (χ2v) is 39.0. The summed E-state index contributed by atoms with van der Waals surface area (Å²) in [5.74, 6) is 2.88. The molecular weight excluding hydrogens is 1950 g/mol. The molecule has 774 valence electrons. The average Bonchev–Trinajstić information content (AvgIpc) is 0.757. The molecule has 0 aliphatic heterocycles. The van der Waals surface area contributed by atoms with Gasteiger partial charge in [-0.25, -0.2) is 16.8 Å². The quantitative estimate of drug-likeness (QED) is 0.0143. The minimum Gasteiger partial charge on any atom is -0.456 e. The molecule has 0 unspecified atom stereocenters. The third kappa shape index (κ3) is 31.1. The first-order chi connectivity index (χ1) is 69.8. The van der Waals surface area contributed by atoms with Gasteiger partial charge in [-0.2, -0.15) is 18.4 Å². The summed E-state index contributed by atoms with van der Waals surface area (Å²) in [5.41, 5.74) is 11.2. The summed E-state index contributed by atoms with van der Waals surface area (Å²) in [5, 5.41) is 28.4. The Kier molecular flexibility index (Phi) is 41.4. The van der Waals surface area contributed by atoms with E-state index in [-0.39, 0.29) is 103 Å². The molecule has 3 atom stereocenters. The van der Waals surface area contributed by atoms with Gasteiger partial charge >= 0.3 is 6.18 Å². The number of nitriles is 1. The maximum absolute atomic E-state index is 13.6. The summed E-state index contributed by atoms with van der Waals surface area (Å²) in [6.07, 6.45) is 16.5. The number of carbonyl (C=O) groups excluding carboxylic acids is 6. The van der Waals surface area contributed by atoms with Crippen molar-refractivity contribution >= 4 is 106 Å². The Balaban J connectivity index is 0.000000227. The summed E-state index contributed by atoms with van der Waals surface area (Å²) in [7, 11) is 0.576. The van der Waals surface area contributed by atoms with Gasteiger partial charge in [0, 0.05) is 209 Å². The molecule has 12 aromatic rings. The van der Waals surface area contributed by atoms with Crippen molar-refractivity contribution in [2.45, 2.75) is 115 Å². The minimum absolute atomic E-state index is 0.0418. The molecule has 7 aromatic carbocycles. The number of amides is 6. The molecule has 36 heteroatoms. The fourth-order valence-electron chi connectivity index (χ4n) is 15.9. The highest BCUT2D eigenvalue weighted by atomic mass is 35.5. The number of anilines is 5. The first kappa shape index (κ1) is 117. The maximum Gasteiger partial charge on any atom is 0.417 e. The zero-order valence-corrected chi connectivity index (χ0v) is 87.7. The van der Waals surface area contributed by atoms with Crippen LogP contribution in [0, 0.1) is 86.4 Å². The number of fused-ring (bicyclic) bond motifs is 1. The van der Waals surface area contributed by atoms with Crippen LogP contribution in [0.4, 0.5) is 41.6 Å². The van der Waals surface area contributed by atoms with Crippen molar-refractivity contribution in [1.82, 2.24) is 38.8 Å². The predicted octanol–water partition coefficient (Wildman–Crippen LogP) is 17.5. The van der Waals surface area contributed by atoms with Crippen LogP contribution >= 0.6 is 11.6 Å². The second kappa shape index (κ2) is 52.4. The van der Waals surface area contributed by atoms with Crippen molar-refractivity contribution < 1.29 is 63.5 Å². The van der Waals surface area contributed by atoms with E-state index >= 15 is 0 Å². The van der Waals surface area contributed by atoms with Crippen LogP contribution in [0.3, 0.4) is 0 Å². The standard InChI is InChI=1S/C31H35N3O4.C24H29N3O3.C21H24ClN3O3.C19H15F3N2O3S.C17H17N3O3S/c1-8-28(35)33-24-13-14-27(38-29-20(5)11-10-12-21(29)6)26(17-24)23-15-22(31(37)34(7)18-23)16-25(19(3)4)30(36)32-9-2;1-7-22(28)26-19-10-9-16(5)21(13-19)18-11-17(24(30)27(6)14-18)12-20(15(3)4)23(29)25-8-2;1-5-19(26)24-16-7-8-18(22)17(11-16)15-10-14(21(28)25(4)12-15)9-13(3)20(27)23-6-2;1-3-28(26,27)23-12-8-9-17(19(20,21)22)15(10-12)16-11-24(2)18(25)14-7-5-4-6-13(14)16;1-4-12-8-14(11-20(3)17(12)21)16-9-15(7-6-13(16)10-18)19-24(22,23)5-2/h1,10-15,17-19,25H,9,16H2,2-7H3,(H,32,36)(H,33,35);1,9-11,13-15,20H,8,12H2,2-6H3,(H,25,29)(H,26,28);5,7-8,10-13H,1,6,9H2,2-4H3,(H,23,27)(H,24,26);3-11,23H,1H2,2H3;5-9,11,19H,2,4H2,1,3H3/t25-;20-;13-;;/m101../s1. The minimum atomic E-state index is -4.68. The summed E-state index contributed by atoms with van der Waals surface area (Å²) >= 11 is 6.36. The molecule has 0 saturated heterocycles. The number of halogens is 4. The van der Waals surface area contributed by atoms with Crippen LogP contribution < -0.4 is 73.9 Å². The average molecular weight is 2070 g/mol. The van der Waals surface area contributed by atoms with Gasteiger partial charge < -0.3 is 59.5 Å². The number of nitrogens with zero attached hydrogens (tertiary/aromatic N) is 6. The first-order valence-corrected chi connectivity index (χ1v) is 50.3. The van der Waals surface area contributed by atoms with Crippen LogP contribution in [-0.4, -0.2) is 94.7 Å². The van der Waals surface area contributed by atoms with Crippen LogP contribution in [0.2, 0.25) is 5.02 Å². The van der Waals surface area contributed by atoms with Crippen molar-refractivity contribution in [2.24, 2.45) is 64.8 Å². The molecule has 5 heterocycles. The van der Waals surface area contributed by atoms with Gasteiger partial charge in [-0.05, 0) is 257 Å². The second-order valence-electron chi connectivity index (χ2n) is 35.3. The number of benzene rings is 7. The number of hydrogen-bond donors (Lipinski definition) is 8. The lowest BCUT2D eigenvalue weighted by Gasteiger charge is -2.21. The van der Waals surface area contributed by atoms with Gasteiger partial charge in [-0.3, -0.25) is 62.2 Å². The van der Waals surface area contributed by atoms with Crippen molar-refractivity contribution in [1.29, 1.82) is 5.26 Å². The Bertz CT molecular complexity index is 7790. The molecule has 30 nitrogen and oxygen atoms in total. The molecule has 0 spiro atoms. The molecule has 0 saturated carbocycles. The molecule has 0 fully saturated rings. The topological polar surface area (TPSA) is 410 Å². The highest BCUT2D eigenvalue weighted by Crippen LogP contribution is 2.43. The van der Waals surface area contributed by atoms with Crippen LogP contribution in [-0.2, 0) is 116 Å². The molecule has 0 radical (unpaired) electrons. The molecule has 0 aliphatic carbocycles. The molecular formula is C112H120ClF3N14O16S2. The number of aromatic nitrogens is 5. The van der Waals surface area contributed by atoms with Crippen LogP contribution in [0.25, 0.3) is 66.4 Å². The largest absolute Gasteiger partial charge is 0.456 e. The molecule has 6 amide bonds.